The smallest absolute Gasteiger partial charge is 0.188 e. The van der Waals surface area contributed by atoms with Crippen LogP contribution in [0, 0.1) is 0 Å². The Morgan fingerprint density at radius 1 is 1.39 bits per heavy atom. The number of nitrogens with one attached hydrogen (secondary N) is 2. The van der Waals surface area contributed by atoms with Crippen molar-refractivity contribution < 1.29 is 0 Å². The van der Waals surface area contributed by atoms with E-state index in [1.54, 1.807) is 17.5 Å². The Bertz CT molecular complexity index is 533. The lowest BCUT2D eigenvalue weighted by Crippen LogP contribution is -1.97. The maximum absolute atomic E-state index is 4.34. The van der Waals surface area contributed by atoms with Crippen molar-refractivity contribution in [3.63, 3.8) is 0 Å². The number of nitrogens with zero attached hydrogens (tertiary/aromatic N) is 2. The third-order valence-corrected chi connectivity index (χ3v) is 3.31. The van der Waals surface area contributed by atoms with Crippen molar-refractivity contribution in [2.45, 2.75) is 13.3 Å². The molecule has 2 aromatic rings. The van der Waals surface area contributed by atoms with E-state index in [2.05, 4.69) is 33.6 Å². The quantitative estimate of drug-likeness (QED) is 0.867. The summed E-state index contributed by atoms with van der Waals surface area (Å²) in [5.74, 6) is 0.887. The van der Waals surface area contributed by atoms with E-state index in [9.17, 15) is 0 Å². The Hall–Kier alpha value is -1.88. The molecule has 0 aliphatic carbocycles. The molecule has 0 fully saturated rings. The fourth-order valence-electron chi connectivity index (χ4n) is 1.52. The molecule has 5 heteroatoms. The van der Waals surface area contributed by atoms with Crippen LogP contribution < -0.4 is 10.6 Å². The molecule has 0 unspecified atom stereocenters. The zero-order valence-corrected chi connectivity index (χ0v) is 11.3. The number of aryl methyl sites for hydroxylation is 1. The molecule has 0 aliphatic heterocycles. The molecule has 0 saturated carbocycles. The van der Waals surface area contributed by atoms with Gasteiger partial charge in [0.15, 0.2) is 5.13 Å². The van der Waals surface area contributed by atoms with Crippen LogP contribution in [0.4, 0.5) is 10.9 Å². The minimum absolute atomic E-state index is 0.860. The van der Waals surface area contributed by atoms with Crippen LogP contribution >= 0.6 is 11.3 Å². The first kappa shape index (κ1) is 12.6. The molecule has 18 heavy (non-hydrogen) atoms. The van der Waals surface area contributed by atoms with E-state index in [1.165, 1.54) is 5.56 Å². The van der Waals surface area contributed by atoms with Gasteiger partial charge in [-0.1, -0.05) is 24.3 Å². The van der Waals surface area contributed by atoms with Gasteiger partial charge in [0, 0.05) is 19.4 Å². The Morgan fingerprint density at radius 3 is 3.06 bits per heavy atom. The van der Waals surface area contributed by atoms with Gasteiger partial charge in [-0.15, -0.1) is 0 Å². The number of rotatable bonds is 5. The van der Waals surface area contributed by atoms with Gasteiger partial charge < -0.3 is 10.6 Å². The normalized spacial score (nSPS) is 10.8. The highest BCUT2D eigenvalue weighted by atomic mass is 32.1. The summed E-state index contributed by atoms with van der Waals surface area (Å²) < 4.78 is 0. The second-order valence-electron chi connectivity index (χ2n) is 3.68. The maximum Gasteiger partial charge on any atom is 0.188 e. The van der Waals surface area contributed by atoms with Gasteiger partial charge in [0.05, 0.1) is 4.88 Å². The molecule has 0 saturated heterocycles. The number of pyridine rings is 1. The number of thiazole rings is 1. The standard InChI is InChI=1S/C13H16N4S/c1-3-10-5-4-7-15-12(10)17-13-16-9-11(18-13)6-8-14-2/h4-9,14H,3H2,1-2H3,(H,15,16,17)/b8-6+. The molecule has 0 radical (unpaired) electrons. The van der Waals surface area contributed by atoms with Gasteiger partial charge in [-0.3, -0.25) is 0 Å². The summed E-state index contributed by atoms with van der Waals surface area (Å²) >= 11 is 1.60. The van der Waals surface area contributed by atoms with E-state index >= 15 is 0 Å². The van der Waals surface area contributed by atoms with Crippen LogP contribution in [0.1, 0.15) is 17.4 Å². The summed E-state index contributed by atoms with van der Waals surface area (Å²) in [7, 11) is 1.87. The minimum atomic E-state index is 0.860. The average molecular weight is 260 g/mol. The van der Waals surface area contributed by atoms with Gasteiger partial charge in [-0.05, 0) is 30.3 Å². The monoisotopic (exact) mass is 260 g/mol. The third-order valence-electron chi connectivity index (χ3n) is 2.44. The van der Waals surface area contributed by atoms with Gasteiger partial charge in [-0.25, -0.2) is 9.97 Å². The van der Waals surface area contributed by atoms with Gasteiger partial charge in [0.1, 0.15) is 5.82 Å². The summed E-state index contributed by atoms with van der Waals surface area (Å²) in [5, 5.41) is 7.08. The molecule has 2 N–H and O–H groups in total. The predicted molar refractivity (Wildman–Crippen MR) is 77.1 cm³/mol. The topological polar surface area (TPSA) is 49.8 Å². The molecule has 0 bridgehead atoms. The van der Waals surface area contributed by atoms with E-state index in [0.717, 1.165) is 22.2 Å². The molecule has 0 atom stereocenters. The van der Waals surface area contributed by atoms with Crippen molar-refractivity contribution in [2.24, 2.45) is 0 Å². The number of hydrogen-bond acceptors (Lipinski definition) is 5. The number of aromatic nitrogens is 2. The van der Waals surface area contributed by atoms with Crippen molar-refractivity contribution in [1.29, 1.82) is 0 Å². The Morgan fingerprint density at radius 2 is 2.28 bits per heavy atom. The summed E-state index contributed by atoms with van der Waals surface area (Å²) in [6.07, 6.45) is 8.46. The number of anilines is 2. The zero-order valence-electron chi connectivity index (χ0n) is 10.5. The first-order valence-corrected chi connectivity index (χ1v) is 6.65. The second-order valence-corrected chi connectivity index (χ2v) is 4.74. The Labute approximate surface area is 111 Å². The average Bonchev–Trinajstić information content (AvgIpc) is 2.84. The zero-order chi connectivity index (χ0) is 12.8. The molecule has 2 rings (SSSR count). The highest BCUT2D eigenvalue weighted by molar-refractivity contribution is 7.16. The van der Waals surface area contributed by atoms with Crippen molar-refractivity contribution >= 4 is 28.4 Å². The van der Waals surface area contributed by atoms with Gasteiger partial charge >= 0.3 is 0 Å². The van der Waals surface area contributed by atoms with E-state index in [4.69, 9.17) is 0 Å². The fourth-order valence-corrected chi connectivity index (χ4v) is 2.24. The molecule has 0 aliphatic rings. The third kappa shape index (κ3) is 3.07. The van der Waals surface area contributed by atoms with Crippen LogP contribution in [0.2, 0.25) is 0 Å². The van der Waals surface area contributed by atoms with Crippen LogP contribution in [0.15, 0.2) is 30.7 Å². The number of hydrogen-bond donors (Lipinski definition) is 2. The van der Waals surface area contributed by atoms with Gasteiger partial charge in [-0.2, -0.15) is 0 Å². The molecule has 0 spiro atoms. The van der Waals surface area contributed by atoms with Crippen LogP contribution in [0.3, 0.4) is 0 Å². The molecular formula is C13H16N4S. The van der Waals surface area contributed by atoms with Crippen molar-refractivity contribution in [2.75, 3.05) is 12.4 Å². The highest BCUT2D eigenvalue weighted by Gasteiger charge is 2.04. The van der Waals surface area contributed by atoms with Gasteiger partial charge in [0.2, 0.25) is 0 Å². The predicted octanol–water partition coefficient (Wildman–Crippen LogP) is 3.03. The molecule has 0 amide bonds. The molecular weight excluding hydrogens is 244 g/mol. The van der Waals surface area contributed by atoms with E-state index in [0.29, 0.717) is 0 Å². The SMILES string of the molecule is CCc1cccnc1Nc1ncc(/C=C/NC)s1. The summed E-state index contributed by atoms with van der Waals surface area (Å²) in [5.41, 5.74) is 1.19. The molecule has 94 valence electrons. The Balaban J connectivity index is 2.13. The lowest BCUT2D eigenvalue weighted by molar-refractivity contribution is 1.10. The highest BCUT2D eigenvalue weighted by Crippen LogP contribution is 2.24. The van der Waals surface area contributed by atoms with Crippen LogP contribution in [-0.4, -0.2) is 17.0 Å². The van der Waals surface area contributed by atoms with E-state index < -0.39 is 0 Å². The second kappa shape index (κ2) is 6.16. The van der Waals surface area contributed by atoms with E-state index in [-0.39, 0.29) is 0 Å². The summed E-state index contributed by atoms with van der Waals surface area (Å²) in [6, 6.07) is 4.03. The van der Waals surface area contributed by atoms with Crippen molar-refractivity contribution in [1.82, 2.24) is 15.3 Å². The van der Waals surface area contributed by atoms with Gasteiger partial charge in [0.25, 0.3) is 0 Å². The first-order chi connectivity index (χ1) is 8.83. The van der Waals surface area contributed by atoms with Crippen LogP contribution in [-0.2, 0) is 6.42 Å². The maximum atomic E-state index is 4.34. The van der Waals surface area contributed by atoms with Crippen molar-refractivity contribution in [3.05, 3.63) is 41.2 Å². The lowest BCUT2D eigenvalue weighted by Gasteiger charge is -2.05. The largest absolute Gasteiger partial charge is 0.394 e. The molecule has 0 aromatic carbocycles. The first-order valence-electron chi connectivity index (χ1n) is 5.84. The van der Waals surface area contributed by atoms with Crippen LogP contribution in [0.5, 0.6) is 0 Å². The Kier molecular flexibility index (Phi) is 4.30. The lowest BCUT2D eigenvalue weighted by atomic mass is 10.2. The van der Waals surface area contributed by atoms with E-state index in [1.807, 2.05) is 31.6 Å². The van der Waals surface area contributed by atoms with Crippen molar-refractivity contribution in [3.8, 4) is 0 Å². The molecule has 2 heterocycles. The minimum Gasteiger partial charge on any atom is -0.394 e. The summed E-state index contributed by atoms with van der Waals surface area (Å²) in [6.45, 7) is 2.12. The molecule has 4 nitrogen and oxygen atoms in total. The summed E-state index contributed by atoms with van der Waals surface area (Å²) in [4.78, 5) is 9.77. The molecule has 2 aromatic heterocycles. The van der Waals surface area contributed by atoms with Crippen LogP contribution in [0.25, 0.3) is 6.08 Å². The fraction of sp³-hybridized carbons (Fsp3) is 0.231.